The molecule has 0 saturated carbocycles. The Hall–Kier alpha value is -0.170. The Morgan fingerprint density at radius 2 is 2.08 bits per heavy atom. The minimum Gasteiger partial charge on any atom is -0.384 e. The molecule has 0 aliphatic rings. The highest BCUT2D eigenvalue weighted by molar-refractivity contribution is 7.89. The number of sulfonamides is 1. The molecule has 0 radical (unpaired) electrons. The Kier molecular flexibility index (Phi) is 5.46. The van der Waals surface area contributed by atoms with Crippen LogP contribution in [0.15, 0.2) is 0 Å². The van der Waals surface area contributed by atoms with E-state index in [4.69, 9.17) is 10.5 Å². The fourth-order valence-electron chi connectivity index (χ4n) is 0.755. The van der Waals surface area contributed by atoms with Crippen LogP contribution in [-0.4, -0.2) is 51.8 Å². The van der Waals surface area contributed by atoms with Gasteiger partial charge in [0.25, 0.3) is 0 Å². The summed E-state index contributed by atoms with van der Waals surface area (Å²) in [4.78, 5) is 0. The molecule has 0 spiro atoms. The highest BCUT2D eigenvalue weighted by atomic mass is 32.2. The fraction of sp³-hybridized carbons (Fsp3) is 1.00. The third-order valence-electron chi connectivity index (χ3n) is 1.95. The van der Waals surface area contributed by atoms with E-state index in [1.807, 2.05) is 0 Å². The van der Waals surface area contributed by atoms with Gasteiger partial charge in [0.05, 0.1) is 12.4 Å². The number of nitrogens with two attached hydrogens (primary N) is 1. The number of nitrogens with zero attached hydrogens (tertiary/aromatic N) is 1. The van der Waals surface area contributed by atoms with E-state index in [0.29, 0.717) is 6.54 Å². The van der Waals surface area contributed by atoms with Crippen molar-refractivity contribution in [1.29, 1.82) is 0 Å². The number of hydrogen-bond acceptors (Lipinski definition) is 4. The van der Waals surface area contributed by atoms with Crippen LogP contribution in [0.2, 0.25) is 0 Å². The first-order chi connectivity index (χ1) is 5.95. The van der Waals surface area contributed by atoms with Gasteiger partial charge in [0.15, 0.2) is 0 Å². The zero-order valence-electron chi connectivity index (χ0n) is 8.36. The zero-order chi connectivity index (χ0) is 10.5. The molecule has 80 valence electrons. The van der Waals surface area contributed by atoms with Crippen molar-refractivity contribution in [2.24, 2.45) is 5.73 Å². The van der Waals surface area contributed by atoms with E-state index in [-0.39, 0.29) is 18.4 Å². The first-order valence-electron chi connectivity index (χ1n) is 4.10. The summed E-state index contributed by atoms with van der Waals surface area (Å²) in [6.07, 6.45) is 0. The molecular weight excluding hydrogens is 192 g/mol. The maximum Gasteiger partial charge on any atom is 0.216 e. The molecule has 0 rings (SSSR count). The van der Waals surface area contributed by atoms with Crippen molar-refractivity contribution in [3.63, 3.8) is 0 Å². The molecule has 0 saturated heterocycles. The summed E-state index contributed by atoms with van der Waals surface area (Å²) in [6.45, 7) is 2.30. The average Bonchev–Trinajstić information content (AvgIpc) is 2.12. The molecule has 6 heteroatoms. The van der Waals surface area contributed by atoms with Gasteiger partial charge in [-0.25, -0.2) is 12.7 Å². The van der Waals surface area contributed by atoms with E-state index in [2.05, 4.69) is 0 Å². The van der Waals surface area contributed by atoms with E-state index in [9.17, 15) is 8.42 Å². The van der Waals surface area contributed by atoms with Gasteiger partial charge in [-0.15, -0.1) is 0 Å². The third-order valence-corrected chi connectivity index (χ3v) is 3.87. The monoisotopic (exact) mass is 210 g/mol. The van der Waals surface area contributed by atoms with Gasteiger partial charge in [0.2, 0.25) is 10.0 Å². The molecule has 0 fully saturated rings. The molecule has 1 atom stereocenters. The van der Waals surface area contributed by atoms with E-state index in [0.717, 1.165) is 0 Å². The van der Waals surface area contributed by atoms with Gasteiger partial charge in [0, 0.05) is 26.7 Å². The van der Waals surface area contributed by atoms with Gasteiger partial charge < -0.3 is 10.5 Å². The lowest BCUT2D eigenvalue weighted by atomic mass is 10.4. The molecule has 0 aromatic carbocycles. The maximum atomic E-state index is 11.5. The molecule has 0 amide bonds. The van der Waals surface area contributed by atoms with Crippen molar-refractivity contribution in [3.8, 4) is 0 Å². The van der Waals surface area contributed by atoms with Crippen LogP contribution in [0.1, 0.15) is 6.92 Å². The van der Waals surface area contributed by atoms with Gasteiger partial charge in [0.1, 0.15) is 0 Å². The summed E-state index contributed by atoms with van der Waals surface area (Å²) >= 11 is 0. The molecule has 0 aliphatic carbocycles. The van der Waals surface area contributed by atoms with Gasteiger partial charge in [-0.2, -0.15) is 0 Å². The summed E-state index contributed by atoms with van der Waals surface area (Å²) in [5.41, 5.74) is 5.36. The Morgan fingerprint density at radius 3 is 2.46 bits per heavy atom. The minimum absolute atomic E-state index is 0.00431. The van der Waals surface area contributed by atoms with Crippen LogP contribution in [0, 0.1) is 0 Å². The lowest BCUT2D eigenvalue weighted by Crippen LogP contribution is -2.41. The predicted molar refractivity (Wildman–Crippen MR) is 51.9 cm³/mol. The van der Waals surface area contributed by atoms with Gasteiger partial charge in [-0.3, -0.25) is 0 Å². The Morgan fingerprint density at radius 1 is 1.54 bits per heavy atom. The van der Waals surface area contributed by atoms with E-state index < -0.39 is 10.0 Å². The Balaban J connectivity index is 4.28. The van der Waals surface area contributed by atoms with E-state index >= 15 is 0 Å². The molecule has 2 N–H and O–H groups in total. The van der Waals surface area contributed by atoms with Crippen molar-refractivity contribution < 1.29 is 13.2 Å². The second-order valence-electron chi connectivity index (χ2n) is 2.91. The van der Waals surface area contributed by atoms with Crippen LogP contribution in [0.4, 0.5) is 0 Å². The Bertz CT molecular complexity index is 228. The molecular formula is C7H18N2O3S. The van der Waals surface area contributed by atoms with Gasteiger partial charge in [-0.1, -0.05) is 0 Å². The molecule has 0 heterocycles. The fourth-order valence-corrected chi connectivity index (χ4v) is 2.05. The molecule has 1 unspecified atom stereocenters. The minimum atomic E-state index is -3.21. The zero-order valence-corrected chi connectivity index (χ0v) is 9.17. The van der Waals surface area contributed by atoms with Crippen molar-refractivity contribution in [2.75, 3.05) is 33.1 Å². The van der Waals surface area contributed by atoms with Gasteiger partial charge >= 0.3 is 0 Å². The van der Waals surface area contributed by atoms with Crippen LogP contribution < -0.4 is 5.73 Å². The topological polar surface area (TPSA) is 72.6 Å². The largest absolute Gasteiger partial charge is 0.384 e. The molecule has 13 heavy (non-hydrogen) atoms. The van der Waals surface area contributed by atoms with Crippen molar-refractivity contribution in [3.05, 3.63) is 0 Å². The van der Waals surface area contributed by atoms with Crippen LogP contribution in [-0.2, 0) is 14.8 Å². The standard InChI is InChI=1S/C7H18N2O3S/c1-7(6-8)9(2)13(10,11)5-4-12-3/h7H,4-6,8H2,1-3H3. The Labute approximate surface area is 79.9 Å². The molecule has 0 aliphatic heterocycles. The normalized spacial score (nSPS) is 14.8. The summed E-state index contributed by atoms with van der Waals surface area (Å²) in [7, 11) is -0.201. The number of ether oxygens (including phenoxy) is 1. The number of methoxy groups -OCH3 is 1. The maximum absolute atomic E-state index is 11.5. The predicted octanol–water partition coefficient (Wildman–Crippen LogP) is -0.758. The first-order valence-corrected chi connectivity index (χ1v) is 5.71. The third kappa shape index (κ3) is 4.04. The SMILES string of the molecule is COCCS(=O)(=O)N(C)C(C)CN. The number of rotatable bonds is 6. The highest BCUT2D eigenvalue weighted by Crippen LogP contribution is 2.03. The van der Waals surface area contributed by atoms with Crippen molar-refractivity contribution in [2.45, 2.75) is 13.0 Å². The van der Waals surface area contributed by atoms with Crippen molar-refractivity contribution >= 4 is 10.0 Å². The molecule has 0 bridgehead atoms. The number of likely N-dealkylation sites (N-methyl/N-ethyl adjacent to an activating group) is 1. The second-order valence-corrected chi connectivity index (χ2v) is 5.06. The lowest BCUT2D eigenvalue weighted by Gasteiger charge is -2.22. The smallest absolute Gasteiger partial charge is 0.216 e. The van der Waals surface area contributed by atoms with Crippen LogP contribution in [0.25, 0.3) is 0 Å². The lowest BCUT2D eigenvalue weighted by molar-refractivity contribution is 0.215. The quantitative estimate of drug-likeness (QED) is 0.625. The molecule has 0 aromatic heterocycles. The summed E-state index contributed by atoms with van der Waals surface area (Å²) < 4.78 is 28.9. The summed E-state index contributed by atoms with van der Waals surface area (Å²) in [5.74, 6) is 0.00431. The van der Waals surface area contributed by atoms with E-state index in [1.54, 1.807) is 6.92 Å². The van der Waals surface area contributed by atoms with E-state index in [1.165, 1.54) is 18.5 Å². The highest BCUT2D eigenvalue weighted by Gasteiger charge is 2.21. The molecule has 0 aromatic rings. The first kappa shape index (κ1) is 12.8. The average molecular weight is 210 g/mol. The van der Waals surface area contributed by atoms with Crippen molar-refractivity contribution in [1.82, 2.24) is 4.31 Å². The summed E-state index contributed by atoms with van der Waals surface area (Å²) in [6, 6.07) is -0.165. The second kappa shape index (κ2) is 5.54. The van der Waals surface area contributed by atoms with Gasteiger partial charge in [-0.05, 0) is 6.92 Å². The van der Waals surface area contributed by atoms with Crippen LogP contribution >= 0.6 is 0 Å². The molecule has 5 nitrogen and oxygen atoms in total. The summed E-state index contributed by atoms with van der Waals surface area (Å²) in [5, 5.41) is 0. The van der Waals surface area contributed by atoms with Crippen LogP contribution in [0.3, 0.4) is 0 Å². The number of hydrogen-bond donors (Lipinski definition) is 1. The van der Waals surface area contributed by atoms with Crippen LogP contribution in [0.5, 0.6) is 0 Å².